The van der Waals surface area contributed by atoms with E-state index in [1.54, 1.807) is 18.3 Å². The van der Waals surface area contributed by atoms with Gasteiger partial charge in [0.2, 0.25) is 0 Å². The average Bonchev–Trinajstić information content (AvgIpc) is 2.67. The first kappa shape index (κ1) is 15.8. The molecule has 4 heteroatoms. The quantitative estimate of drug-likeness (QED) is 0.832. The normalized spacial score (nSPS) is 21.4. The van der Waals surface area contributed by atoms with Crippen molar-refractivity contribution >= 4 is 5.91 Å². The van der Waals surface area contributed by atoms with E-state index >= 15 is 0 Å². The summed E-state index contributed by atoms with van der Waals surface area (Å²) in [4.78, 5) is 19.2. The van der Waals surface area contributed by atoms with Crippen molar-refractivity contribution in [3.8, 4) is 6.07 Å². The molecule has 1 aromatic heterocycles. The summed E-state index contributed by atoms with van der Waals surface area (Å²) in [6.45, 7) is 0.795. The zero-order chi connectivity index (χ0) is 17.3. The van der Waals surface area contributed by atoms with Gasteiger partial charge in [0, 0.05) is 18.2 Å². The number of carbonyl (C=O) groups excluding carboxylic acids is 1. The van der Waals surface area contributed by atoms with E-state index < -0.39 is 0 Å². The van der Waals surface area contributed by atoms with Crippen molar-refractivity contribution < 1.29 is 4.79 Å². The number of nitrogens with zero attached hydrogens (tertiary/aromatic N) is 3. The molecule has 2 heterocycles. The fourth-order valence-corrected chi connectivity index (χ4v) is 4.54. The Balaban J connectivity index is 1.67. The number of amides is 1. The minimum atomic E-state index is -0.0675. The summed E-state index contributed by atoms with van der Waals surface area (Å²) in [6, 6.07) is 15.8. The number of aromatic nitrogens is 1. The van der Waals surface area contributed by atoms with Crippen LogP contribution < -0.4 is 0 Å². The van der Waals surface area contributed by atoms with E-state index in [-0.39, 0.29) is 17.4 Å². The van der Waals surface area contributed by atoms with Crippen molar-refractivity contribution in [2.75, 3.05) is 6.54 Å². The van der Waals surface area contributed by atoms with Gasteiger partial charge in [-0.05, 0) is 30.5 Å². The van der Waals surface area contributed by atoms with Crippen LogP contribution in [-0.4, -0.2) is 22.3 Å². The maximum absolute atomic E-state index is 13.1. The van der Waals surface area contributed by atoms with Crippen molar-refractivity contribution in [3.05, 3.63) is 65.5 Å². The van der Waals surface area contributed by atoms with Gasteiger partial charge in [-0.1, -0.05) is 49.6 Å². The second-order valence-corrected chi connectivity index (χ2v) is 7.21. The largest absolute Gasteiger partial charge is 0.329 e. The number of benzene rings is 1. The molecule has 1 atom stereocenters. The molecule has 1 aliphatic carbocycles. The van der Waals surface area contributed by atoms with Gasteiger partial charge in [0.1, 0.15) is 5.69 Å². The predicted octanol–water partition coefficient (Wildman–Crippen LogP) is 4.10. The number of nitriles is 1. The van der Waals surface area contributed by atoms with Crippen LogP contribution in [0, 0.1) is 16.7 Å². The number of likely N-dealkylation sites (tertiary alicyclic amines) is 1. The first-order valence-electron chi connectivity index (χ1n) is 8.96. The van der Waals surface area contributed by atoms with Crippen LogP contribution in [0.5, 0.6) is 0 Å². The van der Waals surface area contributed by atoms with Gasteiger partial charge in [-0.2, -0.15) is 5.26 Å². The minimum absolute atomic E-state index is 0.0675. The van der Waals surface area contributed by atoms with Crippen LogP contribution in [0.15, 0.2) is 48.7 Å². The molecule has 4 rings (SSSR count). The van der Waals surface area contributed by atoms with Gasteiger partial charge >= 0.3 is 0 Å². The summed E-state index contributed by atoms with van der Waals surface area (Å²) in [7, 11) is 0. The van der Waals surface area contributed by atoms with E-state index in [4.69, 9.17) is 5.26 Å². The van der Waals surface area contributed by atoms with E-state index in [0.29, 0.717) is 11.3 Å². The first-order chi connectivity index (χ1) is 12.2. The van der Waals surface area contributed by atoms with Gasteiger partial charge in [-0.25, -0.2) is 0 Å². The van der Waals surface area contributed by atoms with E-state index in [1.807, 2.05) is 23.1 Å². The zero-order valence-corrected chi connectivity index (χ0v) is 14.2. The molecule has 1 aliphatic heterocycles. The Morgan fingerprint density at radius 3 is 2.64 bits per heavy atom. The molecule has 0 unspecified atom stereocenters. The van der Waals surface area contributed by atoms with Gasteiger partial charge in [0.05, 0.1) is 17.7 Å². The van der Waals surface area contributed by atoms with E-state index in [1.165, 1.54) is 37.7 Å². The van der Waals surface area contributed by atoms with Crippen molar-refractivity contribution in [2.45, 2.75) is 38.1 Å². The molecule has 25 heavy (non-hydrogen) atoms. The maximum atomic E-state index is 13.1. The van der Waals surface area contributed by atoms with E-state index in [9.17, 15) is 4.79 Å². The third kappa shape index (κ3) is 2.70. The SMILES string of the molecule is N#Cc1ccnc(C(=O)N2CC3(CCCCC3)[C@H]2c2ccccc2)c1. The second-order valence-electron chi connectivity index (χ2n) is 7.21. The highest BCUT2D eigenvalue weighted by Gasteiger charge is 2.55. The summed E-state index contributed by atoms with van der Waals surface area (Å²) in [5.41, 5.74) is 2.26. The standard InChI is InChI=1S/C21H21N3O/c22-14-16-9-12-23-18(13-16)20(25)24-15-21(10-5-2-6-11-21)19(24)17-7-3-1-4-8-17/h1,3-4,7-9,12-13,19H,2,5-6,10-11,15H2/t19-/m1/s1. The van der Waals surface area contributed by atoms with Crippen LogP contribution in [0.1, 0.15) is 59.8 Å². The Hall–Kier alpha value is -2.67. The first-order valence-corrected chi connectivity index (χ1v) is 8.96. The van der Waals surface area contributed by atoms with Gasteiger partial charge in [-0.3, -0.25) is 9.78 Å². The van der Waals surface area contributed by atoms with Gasteiger partial charge in [0.15, 0.2) is 0 Å². The Labute approximate surface area is 148 Å². The molecule has 2 aromatic rings. The van der Waals surface area contributed by atoms with E-state index in [2.05, 4.69) is 23.2 Å². The molecule has 1 spiro atoms. The molecule has 1 saturated carbocycles. The molecule has 126 valence electrons. The number of rotatable bonds is 2. The number of pyridine rings is 1. The summed E-state index contributed by atoms with van der Waals surface area (Å²) >= 11 is 0. The Kier molecular flexibility index (Phi) is 4.01. The second kappa shape index (κ2) is 6.33. The molecule has 1 aromatic carbocycles. The molecule has 0 N–H and O–H groups in total. The van der Waals surface area contributed by atoms with E-state index in [0.717, 1.165) is 6.54 Å². The predicted molar refractivity (Wildman–Crippen MR) is 94.7 cm³/mol. The number of carbonyl (C=O) groups is 1. The molecule has 1 amide bonds. The van der Waals surface area contributed by atoms with Gasteiger partial charge in [0.25, 0.3) is 5.91 Å². The average molecular weight is 331 g/mol. The monoisotopic (exact) mass is 331 g/mol. The summed E-state index contributed by atoms with van der Waals surface area (Å²) in [5.74, 6) is -0.0675. The smallest absolute Gasteiger partial charge is 0.273 e. The van der Waals surface area contributed by atoms with Crippen molar-refractivity contribution in [1.82, 2.24) is 9.88 Å². The lowest BCUT2D eigenvalue weighted by Gasteiger charge is -2.59. The number of hydrogen-bond acceptors (Lipinski definition) is 3. The summed E-state index contributed by atoms with van der Waals surface area (Å²) in [6.07, 6.45) is 7.69. The van der Waals surface area contributed by atoms with Crippen LogP contribution in [0.2, 0.25) is 0 Å². The molecule has 4 nitrogen and oxygen atoms in total. The lowest BCUT2D eigenvalue weighted by atomic mass is 9.61. The van der Waals surface area contributed by atoms with Crippen LogP contribution in [0.4, 0.5) is 0 Å². The topological polar surface area (TPSA) is 57.0 Å². The van der Waals surface area contributed by atoms with Crippen molar-refractivity contribution in [2.24, 2.45) is 5.41 Å². The molecule has 2 fully saturated rings. The molecule has 0 radical (unpaired) electrons. The van der Waals surface area contributed by atoms with Crippen LogP contribution >= 0.6 is 0 Å². The fraction of sp³-hybridized carbons (Fsp3) is 0.381. The highest BCUT2D eigenvalue weighted by Crippen LogP contribution is 2.57. The molecule has 2 aliphatic rings. The molecule has 1 saturated heterocycles. The third-order valence-corrected chi connectivity index (χ3v) is 5.71. The van der Waals surface area contributed by atoms with Gasteiger partial charge < -0.3 is 4.90 Å². The maximum Gasteiger partial charge on any atom is 0.273 e. The molecular formula is C21H21N3O. The number of hydrogen-bond donors (Lipinski definition) is 0. The van der Waals surface area contributed by atoms with Crippen LogP contribution in [-0.2, 0) is 0 Å². The minimum Gasteiger partial charge on any atom is -0.329 e. The Bertz CT molecular complexity index is 819. The van der Waals surface area contributed by atoms with Crippen LogP contribution in [0.3, 0.4) is 0 Å². The highest BCUT2D eigenvalue weighted by molar-refractivity contribution is 5.93. The lowest BCUT2D eigenvalue weighted by molar-refractivity contribution is -0.0772. The summed E-state index contributed by atoms with van der Waals surface area (Å²) < 4.78 is 0. The third-order valence-electron chi connectivity index (χ3n) is 5.71. The Morgan fingerprint density at radius 1 is 1.16 bits per heavy atom. The lowest BCUT2D eigenvalue weighted by Crippen LogP contribution is -2.61. The molecule has 0 bridgehead atoms. The Morgan fingerprint density at radius 2 is 1.92 bits per heavy atom. The van der Waals surface area contributed by atoms with Crippen molar-refractivity contribution in [3.63, 3.8) is 0 Å². The fourth-order valence-electron chi connectivity index (χ4n) is 4.54. The summed E-state index contributed by atoms with van der Waals surface area (Å²) in [5, 5.41) is 9.08. The zero-order valence-electron chi connectivity index (χ0n) is 14.2. The van der Waals surface area contributed by atoms with Crippen LogP contribution in [0.25, 0.3) is 0 Å². The molecular weight excluding hydrogens is 310 g/mol. The van der Waals surface area contributed by atoms with Crippen molar-refractivity contribution in [1.29, 1.82) is 5.26 Å². The van der Waals surface area contributed by atoms with Gasteiger partial charge in [-0.15, -0.1) is 0 Å². The highest BCUT2D eigenvalue weighted by atomic mass is 16.2.